The summed E-state index contributed by atoms with van der Waals surface area (Å²) in [5, 5.41) is 14.8. The molecule has 1 aromatic rings. The van der Waals surface area contributed by atoms with Gasteiger partial charge >= 0.3 is 0 Å². The summed E-state index contributed by atoms with van der Waals surface area (Å²) in [6.07, 6.45) is 3.25. The van der Waals surface area contributed by atoms with Gasteiger partial charge in [0.2, 0.25) is 0 Å². The Kier molecular flexibility index (Phi) is 6.69. The second-order valence-corrected chi connectivity index (χ2v) is 5.15. The summed E-state index contributed by atoms with van der Waals surface area (Å²) in [5.41, 5.74) is 0. The van der Waals surface area contributed by atoms with Crippen LogP contribution < -0.4 is 5.32 Å². The number of aliphatic hydroxyl groups is 1. The van der Waals surface area contributed by atoms with E-state index < -0.39 is 0 Å². The third kappa shape index (κ3) is 4.24. The van der Waals surface area contributed by atoms with Crippen LogP contribution in [-0.2, 0) is 0 Å². The van der Waals surface area contributed by atoms with Crippen LogP contribution in [0.25, 0.3) is 0 Å². The second-order valence-electron chi connectivity index (χ2n) is 4.17. The number of nitrogens with one attached hydrogen (secondary N) is 1. The maximum Gasteiger partial charge on any atom is 0.0449 e. The molecule has 0 bridgehead atoms. The molecular formula is C13H23NOS. The summed E-state index contributed by atoms with van der Waals surface area (Å²) in [4.78, 5) is 1.33. The second kappa shape index (κ2) is 7.82. The lowest BCUT2D eigenvalue weighted by atomic mass is 10.0. The van der Waals surface area contributed by atoms with Crippen LogP contribution in [0.15, 0.2) is 17.5 Å². The fourth-order valence-corrected chi connectivity index (χ4v) is 2.69. The lowest BCUT2D eigenvalue weighted by Gasteiger charge is -2.20. The van der Waals surface area contributed by atoms with Crippen molar-refractivity contribution >= 4 is 11.3 Å². The molecule has 0 saturated carbocycles. The summed E-state index contributed by atoms with van der Waals surface area (Å²) in [5.74, 6) is 0.751. The molecule has 0 aliphatic heterocycles. The fraction of sp³-hybridized carbons (Fsp3) is 0.692. The predicted octanol–water partition coefficient (Wildman–Crippen LogP) is 3.20. The zero-order valence-corrected chi connectivity index (χ0v) is 11.1. The minimum Gasteiger partial charge on any atom is -0.396 e. The van der Waals surface area contributed by atoms with Gasteiger partial charge in [-0.2, -0.15) is 0 Å². The smallest absolute Gasteiger partial charge is 0.0449 e. The molecule has 92 valence electrons. The lowest BCUT2D eigenvalue weighted by molar-refractivity contribution is 0.262. The van der Waals surface area contributed by atoms with E-state index in [2.05, 4.69) is 36.7 Å². The SMILES string of the molecule is CCC(CC)CNC(CCO)c1cccs1. The molecule has 0 saturated heterocycles. The Morgan fingerprint density at radius 2 is 2.12 bits per heavy atom. The predicted molar refractivity (Wildman–Crippen MR) is 70.8 cm³/mol. The minimum atomic E-state index is 0.248. The van der Waals surface area contributed by atoms with Gasteiger partial charge in [0.25, 0.3) is 0 Å². The maximum atomic E-state index is 9.08. The van der Waals surface area contributed by atoms with E-state index >= 15 is 0 Å². The van der Waals surface area contributed by atoms with Crippen molar-refractivity contribution in [2.24, 2.45) is 5.92 Å². The van der Waals surface area contributed by atoms with Crippen molar-refractivity contribution in [2.45, 2.75) is 39.2 Å². The van der Waals surface area contributed by atoms with Crippen LogP contribution >= 0.6 is 11.3 Å². The van der Waals surface area contributed by atoms with Gasteiger partial charge in [-0.05, 0) is 30.3 Å². The number of rotatable bonds is 8. The van der Waals surface area contributed by atoms with Crippen LogP contribution in [0.5, 0.6) is 0 Å². The number of aliphatic hydroxyl groups excluding tert-OH is 1. The first kappa shape index (κ1) is 13.7. The Bertz CT molecular complexity index is 257. The van der Waals surface area contributed by atoms with Crippen molar-refractivity contribution in [1.82, 2.24) is 5.32 Å². The molecule has 2 N–H and O–H groups in total. The van der Waals surface area contributed by atoms with Crippen molar-refractivity contribution in [3.05, 3.63) is 22.4 Å². The third-order valence-corrected chi connectivity index (χ3v) is 4.10. The fourth-order valence-electron chi connectivity index (χ4n) is 1.85. The Hall–Kier alpha value is -0.380. The number of thiophene rings is 1. The molecule has 16 heavy (non-hydrogen) atoms. The van der Waals surface area contributed by atoms with E-state index in [1.54, 1.807) is 11.3 Å². The summed E-state index contributed by atoms with van der Waals surface area (Å²) in [6.45, 7) is 5.78. The Morgan fingerprint density at radius 1 is 1.38 bits per heavy atom. The molecular weight excluding hydrogens is 218 g/mol. The highest BCUT2D eigenvalue weighted by atomic mass is 32.1. The van der Waals surface area contributed by atoms with Crippen LogP contribution in [0.3, 0.4) is 0 Å². The molecule has 0 spiro atoms. The average molecular weight is 241 g/mol. The third-order valence-electron chi connectivity index (χ3n) is 3.11. The first-order valence-corrected chi connectivity index (χ1v) is 7.07. The van der Waals surface area contributed by atoms with Crippen LogP contribution in [0, 0.1) is 5.92 Å². The minimum absolute atomic E-state index is 0.248. The quantitative estimate of drug-likeness (QED) is 0.732. The van der Waals surface area contributed by atoms with Gasteiger partial charge in [-0.1, -0.05) is 32.8 Å². The van der Waals surface area contributed by atoms with E-state index in [-0.39, 0.29) is 6.61 Å². The van der Waals surface area contributed by atoms with Gasteiger partial charge < -0.3 is 10.4 Å². The zero-order chi connectivity index (χ0) is 11.8. The van der Waals surface area contributed by atoms with E-state index in [1.807, 2.05) is 0 Å². The molecule has 1 unspecified atom stereocenters. The van der Waals surface area contributed by atoms with Gasteiger partial charge in [-0.25, -0.2) is 0 Å². The van der Waals surface area contributed by atoms with Gasteiger partial charge in [-0.15, -0.1) is 11.3 Å². The van der Waals surface area contributed by atoms with Crippen LogP contribution in [0.4, 0.5) is 0 Å². The molecule has 1 rings (SSSR count). The van der Waals surface area contributed by atoms with Gasteiger partial charge in [0.05, 0.1) is 0 Å². The van der Waals surface area contributed by atoms with E-state index in [1.165, 1.54) is 17.7 Å². The normalized spacial score (nSPS) is 13.2. The molecule has 0 aliphatic carbocycles. The van der Waals surface area contributed by atoms with Crippen LogP contribution in [0.1, 0.15) is 44.0 Å². The lowest BCUT2D eigenvalue weighted by Crippen LogP contribution is -2.27. The molecule has 3 heteroatoms. The molecule has 1 heterocycles. The van der Waals surface area contributed by atoms with Crippen molar-refractivity contribution in [3.63, 3.8) is 0 Å². The van der Waals surface area contributed by atoms with Crippen molar-refractivity contribution in [2.75, 3.05) is 13.2 Å². The van der Waals surface area contributed by atoms with Crippen molar-refractivity contribution < 1.29 is 5.11 Å². The molecule has 0 aliphatic rings. The first-order valence-electron chi connectivity index (χ1n) is 6.19. The summed E-state index contributed by atoms with van der Waals surface area (Å²) in [7, 11) is 0. The Morgan fingerprint density at radius 3 is 2.62 bits per heavy atom. The largest absolute Gasteiger partial charge is 0.396 e. The Balaban J connectivity index is 2.45. The topological polar surface area (TPSA) is 32.3 Å². The molecule has 0 radical (unpaired) electrons. The van der Waals surface area contributed by atoms with E-state index in [4.69, 9.17) is 5.11 Å². The highest BCUT2D eigenvalue weighted by Gasteiger charge is 2.13. The molecule has 0 aromatic carbocycles. The standard InChI is InChI=1S/C13H23NOS/c1-3-11(4-2)10-14-12(7-8-15)13-6-5-9-16-13/h5-6,9,11-12,14-15H,3-4,7-8,10H2,1-2H3. The molecule has 0 fully saturated rings. The number of hydrogen-bond acceptors (Lipinski definition) is 3. The van der Waals surface area contributed by atoms with Crippen molar-refractivity contribution in [1.29, 1.82) is 0 Å². The van der Waals surface area contributed by atoms with E-state index in [0.717, 1.165) is 18.9 Å². The maximum absolute atomic E-state index is 9.08. The van der Waals surface area contributed by atoms with Gasteiger partial charge in [-0.3, -0.25) is 0 Å². The average Bonchev–Trinajstić information content (AvgIpc) is 2.82. The molecule has 0 amide bonds. The first-order chi connectivity index (χ1) is 7.81. The summed E-state index contributed by atoms with van der Waals surface area (Å²) < 4.78 is 0. The molecule has 1 aromatic heterocycles. The van der Waals surface area contributed by atoms with Crippen LogP contribution in [0.2, 0.25) is 0 Å². The van der Waals surface area contributed by atoms with Gasteiger partial charge in [0.15, 0.2) is 0 Å². The molecule has 2 nitrogen and oxygen atoms in total. The highest BCUT2D eigenvalue weighted by Crippen LogP contribution is 2.22. The molecule has 1 atom stereocenters. The highest BCUT2D eigenvalue weighted by molar-refractivity contribution is 7.10. The van der Waals surface area contributed by atoms with Crippen LogP contribution in [-0.4, -0.2) is 18.3 Å². The van der Waals surface area contributed by atoms with E-state index in [9.17, 15) is 0 Å². The monoisotopic (exact) mass is 241 g/mol. The van der Waals surface area contributed by atoms with Gasteiger partial charge in [0, 0.05) is 17.5 Å². The summed E-state index contributed by atoms with van der Waals surface area (Å²) >= 11 is 1.76. The zero-order valence-electron chi connectivity index (χ0n) is 10.3. The van der Waals surface area contributed by atoms with E-state index in [0.29, 0.717) is 6.04 Å². The number of hydrogen-bond donors (Lipinski definition) is 2. The summed E-state index contributed by atoms with van der Waals surface area (Å²) in [6, 6.07) is 4.54. The van der Waals surface area contributed by atoms with Crippen molar-refractivity contribution in [3.8, 4) is 0 Å². The Labute approximate surface area is 103 Å². The van der Waals surface area contributed by atoms with Gasteiger partial charge in [0.1, 0.15) is 0 Å².